The highest BCUT2D eigenvalue weighted by molar-refractivity contribution is 4.95. The predicted octanol–water partition coefficient (Wildman–Crippen LogP) is 10.4. The van der Waals surface area contributed by atoms with Crippen molar-refractivity contribution in [3.05, 3.63) is 0 Å². The zero-order valence-electron chi connectivity index (χ0n) is 22.8. The van der Waals surface area contributed by atoms with E-state index in [1.807, 2.05) is 0 Å². The first kappa shape index (κ1) is 24.7. The van der Waals surface area contributed by atoms with Crippen LogP contribution in [0.25, 0.3) is 0 Å². The van der Waals surface area contributed by atoms with Gasteiger partial charge < -0.3 is 0 Å². The first-order valence-electron chi connectivity index (χ1n) is 16.0. The van der Waals surface area contributed by atoms with Crippen molar-refractivity contribution in [2.45, 2.75) is 149 Å². The summed E-state index contributed by atoms with van der Waals surface area (Å²) in [6.45, 7) is 7.66. The molecular weight excluding hydrogens is 396 g/mol. The van der Waals surface area contributed by atoms with E-state index in [1.54, 1.807) is 96.3 Å². The van der Waals surface area contributed by atoms with Gasteiger partial charge in [0.2, 0.25) is 0 Å². The molecule has 5 aliphatic rings. The van der Waals surface area contributed by atoms with Crippen molar-refractivity contribution in [2.24, 2.45) is 58.7 Å². The Kier molecular flexibility index (Phi) is 8.19. The predicted molar refractivity (Wildman–Crippen MR) is 143 cm³/mol. The molecule has 0 radical (unpaired) electrons. The number of fused-ring (bicyclic) bond motifs is 3. The number of rotatable bonds is 3. The lowest BCUT2D eigenvalue weighted by Gasteiger charge is -2.49. The van der Waals surface area contributed by atoms with Crippen LogP contribution >= 0.6 is 0 Å². The topological polar surface area (TPSA) is 0 Å². The van der Waals surface area contributed by atoms with Crippen molar-refractivity contribution >= 4 is 0 Å². The molecule has 33 heavy (non-hydrogen) atoms. The maximum atomic E-state index is 2.62. The summed E-state index contributed by atoms with van der Waals surface area (Å²) in [7, 11) is 0. The van der Waals surface area contributed by atoms with E-state index in [1.165, 1.54) is 32.1 Å². The zero-order chi connectivity index (χ0) is 22.8. The monoisotopic (exact) mass is 454 g/mol. The van der Waals surface area contributed by atoms with Crippen LogP contribution in [0.4, 0.5) is 0 Å². The Bertz CT molecular complexity index is 595. The molecule has 5 aliphatic carbocycles. The molecule has 0 N–H and O–H groups in total. The van der Waals surface area contributed by atoms with Crippen LogP contribution < -0.4 is 0 Å². The van der Waals surface area contributed by atoms with E-state index in [9.17, 15) is 0 Å². The molecule has 5 fully saturated rings. The number of hydrogen-bond acceptors (Lipinski definition) is 0. The molecular formula is C33H58. The van der Waals surface area contributed by atoms with Crippen LogP contribution in [0.2, 0.25) is 0 Å². The van der Waals surface area contributed by atoms with Crippen LogP contribution in [0.1, 0.15) is 149 Å². The molecule has 0 nitrogen and oxygen atoms in total. The van der Waals surface area contributed by atoms with Gasteiger partial charge in [0.15, 0.2) is 0 Å². The lowest BCUT2D eigenvalue weighted by molar-refractivity contribution is 0.0130. The zero-order valence-corrected chi connectivity index (χ0v) is 22.8. The SMILES string of the molecule is CCC1CCC(C2CCCC2C2CCCC(C)(C)CCC3C(CCC4CCCCC43)C2)CC1. The van der Waals surface area contributed by atoms with Gasteiger partial charge in [-0.15, -0.1) is 0 Å². The van der Waals surface area contributed by atoms with Gasteiger partial charge in [0, 0.05) is 0 Å². The standard InChI is InChI=1S/C33H58/c1-4-24-14-16-26(17-15-24)30-12-7-13-31(30)27-10-8-21-33(2,3)22-20-32-28(23-27)19-18-25-9-5-6-11-29(25)32/h24-32H,4-23H2,1-3H3. The fourth-order valence-corrected chi connectivity index (χ4v) is 10.5. The molecule has 0 amide bonds. The molecule has 190 valence electrons. The summed E-state index contributed by atoms with van der Waals surface area (Å²) in [5.74, 6) is 9.82. The summed E-state index contributed by atoms with van der Waals surface area (Å²) < 4.78 is 0. The van der Waals surface area contributed by atoms with Crippen LogP contribution in [0, 0.1) is 58.7 Å². The smallest absolute Gasteiger partial charge is 0.0354 e. The second kappa shape index (κ2) is 10.9. The molecule has 0 aromatic carbocycles. The summed E-state index contributed by atoms with van der Waals surface area (Å²) in [6.07, 6.45) is 31.2. The molecule has 0 spiro atoms. The molecule has 5 rings (SSSR count). The van der Waals surface area contributed by atoms with Crippen LogP contribution in [-0.4, -0.2) is 0 Å². The number of hydrogen-bond donors (Lipinski definition) is 0. The molecule has 7 atom stereocenters. The van der Waals surface area contributed by atoms with Gasteiger partial charge in [-0.25, -0.2) is 0 Å². The first-order valence-corrected chi connectivity index (χ1v) is 16.0. The Morgan fingerprint density at radius 2 is 1.00 bits per heavy atom. The molecule has 7 unspecified atom stereocenters. The van der Waals surface area contributed by atoms with Gasteiger partial charge in [0.25, 0.3) is 0 Å². The molecule has 0 heteroatoms. The van der Waals surface area contributed by atoms with E-state index < -0.39 is 0 Å². The minimum atomic E-state index is 0.585. The first-order chi connectivity index (χ1) is 16.0. The fraction of sp³-hybridized carbons (Fsp3) is 1.00. The maximum absolute atomic E-state index is 2.62. The van der Waals surface area contributed by atoms with Crippen molar-refractivity contribution in [1.82, 2.24) is 0 Å². The second-order valence-electron chi connectivity index (χ2n) is 14.7. The normalized spacial score (nSPS) is 46.8. The summed E-state index contributed by atoms with van der Waals surface area (Å²) in [4.78, 5) is 0. The summed E-state index contributed by atoms with van der Waals surface area (Å²) >= 11 is 0. The van der Waals surface area contributed by atoms with Crippen molar-refractivity contribution in [2.75, 3.05) is 0 Å². The summed E-state index contributed by atoms with van der Waals surface area (Å²) in [5.41, 5.74) is 0.585. The van der Waals surface area contributed by atoms with E-state index in [0.717, 1.165) is 53.3 Å². The molecule has 0 aromatic heterocycles. The average molecular weight is 455 g/mol. The van der Waals surface area contributed by atoms with E-state index >= 15 is 0 Å². The Hall–Kier alpha value is 0. The minimum Gasteiger partial charge on any atom is -0.0651 e. The quantitative estimate of drug-likeness (QED) is 0.398. The van der Waals surface area contributed by atoms with Gasteiger partial charge in [0.05, 0.1) is 0 Å². The molecule has 0 aliphatic heterocycles. The largest absolute Gasteiger partial charge is 0.0651 e. The van der Waals surface area contributed by atoms with Crippen molar-refractivity contribution in [3.8, 4) is 0 Å². The highest BCUT2D eigenvalue weighted by Crippen LogP contribution is 2.55. The summed E-state index contributed by atoms with van der Waals surface area (Å²) in [6, 6.07) is 0. The van der Waals surface area contributed by atoms with E-state index in [2.05, 4.69) is 20.8 Å². The lowest BCUT2D eigenvalue weighted by atomic mass is 9.56. The minimum absolute atomic E-state index is 0.585. The third kappa shape index (κ3) is 5.71. The van der Waals surface area contributed by atoms with Crippen LogP contribution in [-0.2, 0) is 0 Å². The third-order valence-corrected chi connectivity index (χ3v) is 12.5. The van der Waals surface area contributed by atoms with Crippen molar-refractivity contribution in [3.63, 3.8) is 0 Å². The Labute approximate surface area is 207 Å². The van der Waals surface area contributed by atoms with E-state index in [-0.39, 0.29) is 0 Å². The average Bonchev–Trinajstić information content (AvgIpc) is 3.32. The van der Waals surface area contributed by atoms with Crippen molar-refractivity contribution in [1.29, 1.82) is 0 Å². The highest BCUT2D eigenvalue weighted by Gasteiger charge is 2.45. The molecule has 0 bridgehead atoms. The highest BCUT2D eigenvalue weighted by atomic mass is 14.5. The Morgan fingerprint density at radius 3 is 1.76 bits per heavy atom. The van der Waals surface area contributed by atoms with Gasteiger partial charge in [0.1, 0.15) is 0 Å². The Morgan fingerprint density at radius 1 is 0.485 bits per heavy atom. The van der Waals surface area contributed by atoms with Crippen molar-refractivity contribution < 1.29 is 0 Å². The van der Waals surface area contributed by atoms with Gasteiger partial charge >= 0.3 is 0 Å². The van der Waals surface area contributed by atoms with Gasteiger partial charge in [-0.05, 0) is 129 Å². The maximum Gasteiger partial charge on any atom is -0.0354 e. The molecule has 0 heterocycles. The lowest BCUT2D eigenvalue weighted by Crippen LogP contribution is -2.39. The second-order valence-corrected chi connectivity index (χ2v) is 14.7. The molecule has 0 saturated heterocycles. The van der Waals surface area contributed by atoms with Crippen LogP contribution in [0.5, 0.6) is 0 Å². The van der Waals surface area contributed by atoms with E-state index in [4.69, 9.17) is 0 Å². The molecule has 0 aromatic rings. The Balaban J connectivity index is 1.32. The summed E-state index contributed by atoms with van der Waals surface area (Å²) in [5, 5.41) is 0. The third-order valence-electron chi connectivity index (χ3n) is 12.5. The molecule has 5 saturated carbocycles. The van der Waals surface area contributed by atoms with Crippen LogP contribution in [0.3, 0.4) is 0 Å². The van der Waals surface area contributed by atoms with E-state index in [0.29, 0.717) is 5.41 Å². The van der Waals surface area contributed by atoms with Crippen LogP contribution in [0.15, 0.2) is 0 Å². The van der Waals surface area contributed by atoms with Gasteiger partial charge in [-0.2, -0.15) is 0 Å². The van der Waals surface area contributed by atoms with Gasteiger partial charge in [-0.1, -0.05) is 78.6 Å². The fourth-order valence-electron chi connectivity index (χ4n) is 10.5. The van der Waals surface area contributed by atoms with Gasteiger partial charge in [-0.3, -0.25) is 0 Å².